The molecule has 0 atom stereocenters. The Morgan fingerprint density at radius 3 is 1.24 bits per heavy atom. The molecule has 0 amide bonds. The van der Waals surface area contributed by atoms with Crippen LogP contribution in [-0.4, -0.2) is 15.0 Å². The van der Waals surface area contributed by atoms with E-state index in [2.05, 4.69) is 212 Å². The van der Waals surface area contributed by atoms with Gasteiger partial charge in [0.25, 0.3) is 0 Å². The minimum atomic E-state index is 0.632. The van der Waals surface area contributed by atoms with Crippen LogP contribution in [0.2, 0.25) is 0 Å². The van der Waals surface area contributed by atoms with E-state index in [1.807, 2.05) is 0 Å². The minimum absolute atomic E-state index is 0.632. The monoisotopic (exact) mass is 737 g/mol. The summed E-state index contributed by atoms with van der Waals surface area (Å²) in [7, 11) is 0. The van der Waals surface area contributed by atoms with Crippen molar-refractivity contribution >= 4 is 43.1 Å². The summed E-state index contributed by atoms with van der Waals surface area (Å²) in [6.45, 7) is 0. The number of aromatic nitrogens is 3. The van der Waals surface area contributed by atoms with E-state index >= 15 is 0 Å². The molecule has 1 heterocycles. The van der Waals surface area contributed by atoms with Crippen molar-refractivity contribution in [3.05, 3.63) is 212 Å². The zero-order valence-corrected chi connectivity index (χ0v) is 31.5. The Kier molecular flexibility index (Phi) is 8.15. The van der Waals surface area contributed by atoms with E-state index < -0.39 is 0 Å². The summed E-state index contributed by atoms with van der Waals surface area (Å²) in [5.74, 6) is 1.90. The summed E-state index contributed by atoms with van der Waals surface area (Å²) in [5, 5.41) is 9.45. The smallest absolute Gasteiger partial charge is 0.164 e. The fraction of sp³-hybridized carbons (Fsp3) is 0. The van der Waals surface area contributed by atoms with Crippen molar-refractivity contribution in [3.8, 4) is 67.5 Å². The molecule has 1 aromatic heterocycles. The molecule has 0 bridgehead atoms. The Morgan fingerprint density at radius 2 is 0.586 bits per heavy atom. The highest BCUT2D eigenvalue weighted by molar-refractivity contribution is 6.05. The lowest BCUT2D eigenvalue weighted by atomic mass is 9.93. The lowest BCUT2D eigenvalue weighted by Gasteiger charge is -2.14. The number of fused-ring (bicyclic) bond motifs is 4. The fourth-order valence-corrected chi connectivity index (χ4v) is 8.23. The van der Waals surface area contributed by atoms with Gasteiger partial charge in [0, 0.05) is 16.7 Å². The van der Waals surface area contributed by atoms with Gasteiger partial charge in [-0.15, -0.1) is 0 Å². The van der Waals surface area contributed by atoms with E-state index in [4.69, 9.17) is 15.0 Å². The molecule has 0 saturated heterocycles. The van der Waals surface area contributed by atoms with Gasteiger partial charge in [0.1, 0.15) is 0 Å². The normalized spacial score (nSPS) is 11.4. The molecular formula is C55H35N3. The lowest BCUT2D eigenvalue weighted by molar-refractivity contribution is 1.08. The van der Waals surface area contributed by atoms with Crippen molar-refractivity contribution in [2.75, 3.05) is 0 Å². The molecule has 3 nitrogen and oxygen atoms in total. The average molecular weight is 738 g/mol. The Bertz CT molecular complexity index is 3330. The van der Waals surface area contributed by atoms with Crippen LogP contribution in [-0.2, 0) is 0 Å². The molecule has 0 N–H and O–H groups in total. The van der Waals surface area contributed by atoms with Crippen LogP contribution in [0.1, 0.15) is 0 Å². The van der Waals surface area contributed by atoms with Gasteiger partial charge in [0.05, 0.1) is 0 Å². The third-order valence-corrected chi connectivity index (χ3v) is 11.3. The van der Waals surface area contributed by atoms with Gasteiger partial charge in [-0.2, -0.15) is 0 Å². The number of hydrogen-bond donors (Lipinski definition) is 0. The van der Waals surface area contributed by atoms with Crippen molar-refractivity contribution in [3.63, 3.8) is 0 Å². The van der Waals surface area contributed by atoms with Gasteiger partial charge in [-0.05, 0) is 107 Å². The highest BCUT2D eigenvalue weighted by Gasteiger charge is 2.17. The molecule has 0 aliphatic heterocycles. The number of benzene rings is 10. The molecule has 0 fully saturated rings. The molecule has 11 rings (SSSR count). The first-order valence-electron chi connectivity index (χ1n) is 19.7. The maximum absolute atomic E-state index is 5.24. The third kappa shape index (κ3) is 6.16. The predicted octanol–water partition coefficient (Wildman–Crippen LogP) is 14.5. The molecule has 0 unspecified atom stereocenters. The predicted molar refractivity (Wildman–Crippen MR) is 242 cm³/mol. The Balaban J connectivity index is 1.04. The summed E-state index contributed by atoms with van der Waals surface area (Å²) in [4.78, 5) is 15.6. The van der Waals surface area contributed by atoms with Crippen molar-refractivity contribution in [2.24, 2.45) is 0 Å². The fourth-order valence-electron chi connectivity index (χ4n) is 8.23. The van der Waals surface area contributed by atoms with Gasteiger partial charge in [-0.25, -0.2) is 15.0 Å². The van der Waals surface area contributed by atoms with E-state index in [-0.39, 0.29) is 0 Å². The zero-order valence-electron chi connectivity index (χ0n) is 31.5. The van der Waals surface area contributed by atoms with Gasteiger partial charge in [-0.1, -0.05) is 182 Å². The van der Waals surface area contributed by atoms with Crippen LogP contribution in [0, 0.1) is 0 Å². The van der Waals surface area contributed by atoms with Crippen molar-refractivity contribution in [1.29, 1.82) is 0 Å². The first-order chi connectivity index (χ1) is 28.7. The maximum atomic E-state index is 5.24. The lowest BCUT2D eigenvalue weighted by Crippen LogP contribution is -2.01. The van der Waals surface area contributed by atoms with Crippen LogP contribution in [0.3, 0.4) is 0 Å². The van der Waals surface area contributed by atoms with Crippen molar-refractivity contribution in [1.82, 2.24) is 15.0 Å². The van der Waals surface area contributed by atoms with Crippen LogP contribution in [0.4, 0.5) is 0 Å². The molecule has 0 saturated carbocycles. The second-order valence-electron chi connectivity index (χ2n) is 14.9. The largest absolute Gasteiger partial charge is 0.208 e. The van der Waals surface area contributed by atoms with Gasteiger partial charge in [0.15, 0.2) is 17.5 Å². The summed E-state index contributed by atoms with van der Waals surface area (Å²) >= 11 is 0. The molecule has 3 heteroatoms. The molecule has 0 spiro atoms. The Labute approximate surface area is 336 Å². The highest BCUT2D eigenvalue weighted by atomic mass is 15.0. The average Bonchev–Trinajstić information content (AvgIpc) is 3.30. The molecule has 10 aromatic carbocycles. The van der Waals surface area contributed by atoms with Gasteiger partial charge in [-0.3, -0.25) is 0 Å². The van der Waals surface area contributed by atoms with Crippen LogP contribution < -0.4 is 0 Å². The number of rotatable bonds is 6. The second-order valence-corrected chi connectivity index (χ2v) is 14.9. The first-order valence-corrected chi connectivity index (χ1v) is 19.7. The zero-order chi connectivity index (χ0) is 38.4. The van der Waals surface area contributed by atoms with E-state index in [0.717, 1.165) is 38.4 Å². The Hall–Kier alpha value is -7.75. The molecule has 270 valence electrons. The van der Waals surface area contributed by atoms with Gasteiger partial charge < -0.3 is 0 Å². The number of nitrogens with zero attached hydrogens (tertiary/aromatic N) is 3. The first kappa shape index (κ1) is 33.6. The van der Waals surface area contributed by atoms with E-state index in [1.54, 1.807) is 0 Å². The Morgan fingerprint density at radius 1 is 0.207 bits per heavy atom. The molecule has 0 radical (unpaired) electrons. The van der Waals surface area contributed by atoms with Crippen LogP contribution >= 0.6 is 0 Å². The van der Waals surface area contributed by atoms with Crippen molar-refractivity contribution in [2.45, 2.75) is 0 Å². The second kappa shape index (κ2) is 14.1. The van der Waals surface area contributed by atoms with Gasteiger partial charge in [0.2, 0.25) is 0 Å². The topological polar surface area (TPSA) is 38.7 Å². The highest BCUT2D eigenvalue weighted by Crippen LogP contribution is 2.37. The molecule has 0 aliphatic rings. The maximum Gasteiger partial charge on any atom is 0.164 e. The summed E-state index contributed by atoms with van der Waals surface area (Å²) in [6.07, 6.45) is 0. The number of hydrogen-bond acceptors (Lipinski definition) is 3. The van der Waals surface area contributed by atoms with Crippen LogP contribution in [0.15, 0.2) is 212 Å². The summed E-state index contributed by atoms with van der Waals surface area (Å²) in [6, 6.07) is 75.5. The minimum Gasteiger partial charge on any atom is -0.208 e. The van der Waals surface area contributed by atoms with Crippen molar-refractivity contribution < 1.29 is 0 Å². The van der Waals surface area contributed by atoms with Crippen LogP contribution in [0.5, 0.6) is 0 Å². The standard InChI is InChI=1S/C55H35N3/c1-2-10-36(11-3-1)43-25-26-46-35-48(29-27-45(46)33-43)54-56-53(40-22-18-39(19-23-40)44-24-20-37-12-4-6-14-41(37)32-44)57-55(58-54)52-31-30-49(50-16-8-9-17-51(50)52)47-28-21-38-13-5-7-15-42(38)34-47/h1-35H. The van der Waals surface area contributed by atoms with E-state index in [1.165, 1.54) is 54.7 Å². The van der Waals surface area contributed by atoms with Gasteiger partial charge >= 0.3 is 0 Å². The molecular weight excluding hydrogens is 703 g/mol. The molecule has 0 aliphatic carbocycles. The quantitative estimate of drug-likeness (QED) is 0.171. The molecule has 58 heavy (non-hydrogen) atoms. The third-order valence-electron chi connectivity index (χ3n) is 11.3. The SMILES string of the molecule is c1ccc(-c2ccc3cc(-c4nc(-c5ccc(-c6ccc7ccccc7c6)cc5)nc(-c5ccc(-c6ccc7ccccc7c6)c6ccccc56)n4)ccc3c2)cc1. The van der Waals surface area contributed by atoms with Crippen LogP contribution in [0.25, 0.3) is 111 Å². The molecule has 11 aromatic rings. The summed E-state index contributed by atoms with van der Waals surface area (Å²) < 4.78 is 0. The van der Waals surface area contributed by atoms with E-state index in [9.17, 15) is 0 Å². The summed E-state index contributed by atoms with van der Waals surface area (Å²) in [5.41, 5.74) is 9.89. The van der Waals surface area contributed by atoms with E-state index in [0.29, 0.717) is 17.5 Å².